The third kappa shape index (κ3) is 6.69. The lowest BCUT2D eigenvalue weighted by Crippen LogP contribution is -2.31. The van der Waals surface area contributed by atoms with E-state index in [1.54, 1.807) is 12.1 Å². The maximum Gasteiger partial charge on any atom is 0.419 e. The Morgan fingerprint density at radius 3 is 2.40 bits per heavy atom. The third-order valence-corrected chi connectivity index (χ3v) is 6.56. The number of alkyl halides is 5. The maximum atomic E-state index is 15.4. The van der Waals surface area contributed by atoms with E-state index < -0.39 is 46.9 Å². The molecule has 0 aliphatic rings. The van der Waals surface area contributed by atoms with Crippen molar-refractivity contribution in [1.29, 1.82) is 5.26 Å². The first-order valence-electron chi connectivity index (χ1n) is 12.7. The molecule has 15 heteroatoms. The molecule has 2 aromatic heterocycles. The number of carbonyl (C=O) groups excluding carboxylic acids is 1. The molecular weight excluding hydrogens is 580 g/mol. The number of benzene rings is 2. The van der Waals surface area contributed by atoms with Crippen LogP contribution in [0, 0.1) is 17.1 Å². The van der Waals surface area contributed by atoms with Crippen molar-refractivity contribution in [3.05, 3.63) is 77.2 Å². The van der Waals surface area contributed by atoms with Crippen LogP contribution < -0.4 is 10.6 Å². The van der Waals surface area contributed by atoms with Crippen LogP contribution in [0.4, 0.5) is 32.0 Å². The van der Waals surface area contributed by atoms with Crippen molar-refractivity contribution in [2.24, 2.45) is 5.73 Å². The zero-order valence-electron chi connectivity index (χ0n) is 23.0. The van der Waals surface area contributed by atoms with Gasteiger partial charge in [0.2, 0.25) is 5.89 Å². The number of aromatic nitrogens is 4. The van der Waals surface area contributed by atoms with E-state index in [0.29, 0.717) is 23.5 Å². The van der Waals surface area contributed by atoms with Crippen LogP contribution in [0.5, 0.6) is 0 Å². The number of nitriles is 1. The van der Waals surface area contributed by atoms with Gasteiger partial charge in [0.25, 0.3) is 11.8 Å². The second-order valence-corrected chi connectivity index (χ2v) is 10.4. The lowest BCUT2D eigenvalue weighted by Gasteiger charge is -2.28. The van der Waals surface area contributed by atoms with Crippen molar-refractivity contribution >= 4 is 12.0 Å². The van der Waals surface area contributed by atoms with Gasteiger partial charge in [-0.25, -0.2) is 17.9 Å². The van der Waals surface area contributed by atoms with E-state index in [0.717, 1.165) is 16.9 Å². The highest BCUT2D eigenvalue weighted by Gasteiger charge is 2.38. The summed E-state index contributed by atoms with van der Waals surface area (Å²) in [6.07, 6.45) is -3.95. The van der Waals surface area contributed by atoms with Crippen molar-refractivity contribution < 1.29 is 35.6 Å². The number of aldehydes is 1. The van der Waals surface area contributed by atoms with Gasteiger partial charge in [-0.15, -0.1) is 10.2 Å². The van der Waals surface area contributed by atoms with E-state index >= 15 is 13.2 Å². The van der Waals surface area contributed by atoms with Crippen LogP contribution in [0.3, 0.4) is 0 Å². The summed E-state index contributed by atoms with van der Waals surface area (Å²) in [6.45, 7) is 3.01. The summed E-state index contributed by atoms with van der Waals surface area (Å²) >= 11 is 0. The predicted molar refractivity (Wildman–Crippen MR) is 142 cm³/mol. The van der Waals surface area contributed by atoms with Gasteiger partial charge in [0.15, 0.2) is 0 Å². The summed E-state index contributed by atoms with van der Waals surface area (Å²) in [6, 6.07) is 8.30. The molecule has 0 bridgehead atoms. The Morgan fingerprint density at radius 1 is 1.14 bits per heavy atom. The Labute approximate surface area is 241 Å². The van der Waals surface area contributed by atoms with Gasteiger partial charge in [-0.1, -0.05) is 12.1 Å². The molecule has 0 aliphatic carbocycles. The van der Waals surface area contributed by atoms with Crippen molar-refractivity contribution in [2.75, 3.05) is 11.9 Å². The number of hydrogen-bond acceptors (Lipinski definition) is 8. The SMILES string of the molecule is CN(Cc1ccc(-n2cc(C(F)(F)F)cn2)cc1)c1cc(-c2nnc(C(C)(C)C#N)o2)c(F)cc1C(F)(F)CC(N)C=O. The van der Waals surface area contributed by atoms with Gasteiger partial charge in [-0.05, 0) is 43.7 Å². The highest BCUT2D eigenvalue weighted by molar-refractivity contribution is 5.68. The summed E-state index contributed by atoms with van der Waals surface area (Å²) < 4.78 is 91.4. The number of carbonyl (C=O) groups is 1. The Balaban J connectivity index is 1.71. The standard InChI is InChI=1S/C28H25F6N7O2/c1-26(2,15-35)25-39-38-24(43-25)20-8-23(21(9-22(20)29)27(30,31)10-18(36)14-42)40(3)12-16-4-6-19(7-5-16)41-13-17(11-37-41)28(32,33)34/h4-9,11,13-14,18H,10,12,36H2,1-3H3. The Kier molecular flexibility index (Phi) is 8.37. The Hall–Kier alpha value is -4.71. The van der Waals surface area contributed by atoms with Crippen LogP contribution in [-0.4, -0.2) is 39.4 Å². The van der Waals surface area contributed by atoms with E-state index in [-0.39, 0.29) is 35.9 Å². The molecule has 1 atom stereocenters. The van der Waals surface area contributed by atoms with E-state index in [1.807, 2.05) is 6.07 Å². The zero-order chi connectivity index (χ0) is 31.7. The minimum atomic E-state index is -4.56. The smallest absolute Gasteiger partial charge is 0.419 e. The second-order valence-electron chi connectivity index (χ2n) is 10.4. The van der Waals surface area contributed by atoms with Gasteiger partial charge in [-0.3, -0.25) is 0 Å². The monoisotopic (exact) mass is 605 g/mol. The molecule has 9 nitrogen and oxygen atoms in total. The third-order valence-electron chi connectivity index (χ3n) is 6.56. The normalized spacial score (nSPS) is 13.0. The van der Waals surface area contributed by atoms with Crippen LogP contribution in [0.1, 0.15) is 42.8 Å². The fourth-order valence-corrected chi connectivity index (χ4v) is 4.14. The van der Waals surface area contributed by atoms with E-state index in [9.17, 15) is 23.2 Å². The first-order valence-corrected chi connectivity index (χ1v) is 12.7. The molecular formula is C28H25F6N7O2. The first kappa shape index (κ1) is 31.2. The molecule has 0 fully saturated rings. The lowest BCUT2D eigenvalue weighted by molar-refractivity contribution is -0.137. The molecule has 2 heterocycles. The van der Waals surface area contributed by atoms with E-state index in [1.165, 1.54) is 37.9 Å². The van der Waals surface area contributed by atoms with Gasteiger partial charge in [-0.2, -0.15) is 23.5 Å². The second kappa shape index (κ2) is 11.5. The minimum absolute atomic E-state index is 0.00236. The molecule has 1 unspecified atom stereocenters. The number of nitrogens with zero attached hydrogens (tertiary/aromatic N) is 6. The molecule has 0 saturated carbocycles. The maximum absolute atomic E-state index is 15.4. The highest BCUT2D eigenvalue weighted by Crippen LogP contribution is 2.42. The van der Waals surface area contributed by atoms with Crippen LogP contribution in [0.25, 0.3) is 17.1 Å². The van der Waals surface area contributed by atoms with Crippen LogP contribution >= 0.6 is 0 Å². The number of nitrogens with two attached hydrogens (primary N) is 1. The van der Waals surface area contributed by atoms with Crippen LogP contribution in [0.15, 0.2) is 53.2 Å². The molecule has 4 aromatic rings. The largest absolute Gasteiger partial charge is 0.419 e. The van der Waals surface area contributed by atoms with Crippen LogP contribution in [0.2, 0.25) is 0 Å². The summed E-state index contributed by atoms with van der Waals surface area (Å²) in [5.41, 5.74) is 3.04. The van der Waals surface area contributed by atoms with Crippen molar-refractivity contribution in [1.82, 2.24) is 20.0 Å². The average molecular weight is 606 g/mol. The molecule has 0 aliphatic heterocycles. The Bertz CT molecular complexity index is 1660. The molecule has 226 valence electrons. The van der Waals surface area contributed by atoms with Gasteiger partial charge in [0, 0.05) is 37.5 Å². The van der Waals surface area contributed by atoms with E-state index in [4.69, 9.17) is 10.2 Å². The van der Waals surface area contributed by atoms with Crippen LogP contribution in [-0.2, 0) is 28.9 Å². The summed E-state index contributed by atoms with van der Waals surface area (Å²) in [7, 11) is 1.46. The molecule has 0 spiro atoms. The molecule has 2 aromatic carbocycles. The zero-order valence-corrected chi connectivity index (χ0v) is 23.0. The molecule has 0 amide bonds. The lowest BCUT2D eigenvalue weighted by atomic mass is 9.96. The molecule has 0 radical (unpaired) electrons. The summed E-state index contributed by atoms with van der Waals surface area (Å²) in [5, 5.41) is 20.7. The molecule has 43 heavy (non-hydrogen) atoms. The Morgan fingerprint density at radius 2 is 1.81 bits per heavy atom. The molecule has 4 rings (SSSR count). The molecule has 0 saturated heterocycles. The fourth-order valence-electron chi connectivity index (χ4n) is 4.14. The van der Waals surface area contributed by atoms with Gasteiger partial charge in [0.05, 0.1) is 35.1 Å². The fraction of sp³-hybridized carbons (Fsp3) is 0.321. The highest BCUT2D eigenvalue weighted by atomic mass is 19.4. The topological polar surface area (TPSA) is 127 Å². The number of anilines is 1. The van der Waals surface area contributed by atoms with Crippen molar-refractivity contribution in [3.8, 4) is 23.2 Å². The van der Waals surface area contributed by atoms with E-state index in [2.05, 4.69) is 15.3 Å². The number of halogens is 6. The minimum Gasteiger partial charge on any atom is -0.419 e. The average Bonchev–Trinajstić information content (AvgIpc) is 3.64. The quantitative estimate of drug-likeness (QED) is 0.185. The van der Waals surface area contributed by atoms with Gasteiger partial charge in [0.1, 0.15) is 17.5 Å². The molecule has 2 N–H and O–H groups in total. The first-order chi connectivity index (χ1) is 20.1. The van der Waals surface area contributed by atoms with Crippen molar-refractivity contribution in [3.63, 3.8) is 0 Å². The number of hydrogen-bond donors (Lipinski definition) is 1. The summed E-state index contributed by atoms with van der Waals surface area (Å²) in [5.74, 6) is -5.29. The van der Waals surface area contributed by atoms with Crippen molar-refractivity contribution in [2.45, 2.75) is 50.4 Å². The van der Waals surface area contributed by atoms with Gasteiger partial charge < -0.3 is 19.8 Å². The summed E-state index contributed by atoms with van der Waals surface area (Å²) in [4.78, 5) is 12.4. The predicted octanol–water partition coefficient (Wildman–Crippen LogP) is 5.53. The van der Waals surface area contributed by atoms with Gasteiger partial charge >= 0.3 is 6.18 Å². The number of rotatable bonds is 10.